The number of carbonyl (C=O) groups excluding carboxylic acids is 1. The van der Waals surface area contributed by atoms with Gasteiger partial charge in [0.2, 0.25) is 5.91 Å². The molecule has 0 spiro atoms. The van der Waals surface area contributed by atoms with Gasteiger partial charge in [-0.25, -0.2) is 0 Å². The van der Waals surface area contributed by atoms with E-state index in [4.69, 9.17) is 5.73 Å². The van der Waals surface area contributed by atoms with Crippen molar-refractivity contribution in [3.8, 4) is 0 Å². The number of nitrogens with one attached hydrogen (secondary N) is 1. The van der Waals surface area contributed by atoms with Crippen molar-refractivity contribution >= 4 is 23.0 Å². The first-order chi connectivity index (χ1) is 9.02. The second-order valence-corrected chi connectivity index (χ2v) is 4.54. The van der Waals surface area contributed by atoms with Gasteiger partial charge in [-0.15, -0.1) is 0 Å². The van der Waals surface area contributed by atoms with E-state index in [0.717, 1.165) is 6.42 Å². The molecule has 2 rings (SSSR count). The van der Waals surface area contributed by atoms with Crippen LogP contribution in [-0.4, -0.2) is 31.0 Å². The zero-order valence-electron chi connectivity index (χ0n) is 10.7. The monoisotopic (exact) mass is 264 g/mol. The molecule has 0 aliphatic carbocycles. The first-order valence-electron chi connectivity index (χ1n) is 6.05. The van der Waals surface area contributed by atoms with E-state index in [9.17, 15) is 14.9 Å². The number of nitrogens with two attached hydrogens (primary N) is 1. The van der Waals surface area contributed by atoms with Crippen LogP contribution >= 0.6 is 0 Å². The van der Waals surface area contributed by atoms with Gasteiger partial charge in [-0.3, -0.25) is 14.9 Å². The van der Waals surface area contributed by atoms with Gasteiger partial charge in [-0.1, -0.05) is 0 Å². The molecule has 1 aromatic carbocycles. The topological polar surface area (TPSA) is 102 Å². The SMILES string of the molecule is CN(CCCN)c1cc2c(cc1[N+](=O)[O-])CC(=O)N2. The van der Waals surface area contributed by atoms with E-state index >= 15 is 0 Å². The predicted molar refractivity (Wildman–Crippen MR) is 72.4 cm³/mol. The Hall–Kier alpha value is -2.15. The largest absolute Gasteiger partial charge is 0.369 e. The molecule has 0 atom stereocenters. The minimum absolute atomic E-state index is 0.0229. The highest BCUT2D eigenvalue weighted by molar-refractivity contribution is 6.00. The molecule has 3 N–H and O–H groups in total. The van der Waals surface area contributed by atoms with Crippen molar-refractivity contribution in [2.24, 2.45) is 5.73 Å². The van der Waals surface area contributed by atoms with Gasteiger partial charge < -0.3 is 16.0 Å². The van der Waals surface area contributed by atoms with E-state index in [1.807, 2.05) is 0 Å². The number of fused-ring (bicyclic) bond motifs is 1. The highest BCUT2D eigenvalue weighted by Crippen LogP contribution is 2.36. The third kappa shape index (κ3) is 2.65. The summed E-state index contributed by atoms with van der Waals surface area (Å²) in [5.74, 6) is -0.133. The molecule has 1 aromatic rings. The van der Waals surface area contributed by atoms with E-state index < -0.39 is 4.92 Å². The number of hydrogen-bond donors (Lipinski definition) is 2. The van der Waals surface area contributed by atoms with Gasteiger partial charge in [0.15, 0.2) is 0 Å². The van der Waals surface area contributed by atoms with Crippen molar-refractivity contribution in [2.45, 2.75) is 12.8 Å². The molecule has 0 bridgehead atoms. The number of carbonyl (C=O) groups is 1. The fraction of sp³-hybridized carbons (Fsp3) is 0.417. The Morgan fingerprint density at radius 1 is 1.53 bits per heavy atom. The van der Waals surface area contributed by atoms with Gasteiger partial charge in [-0.2, -0.15) is 0 Å². The molecule has 0 aromatic heterocycles. The Kier molecular flexibility index (Phi) is 3.66. The number of amides is 1. The third-order valence-corrected chi connectivity index (χ3v) is 3.13. The maximum absolute atomic E-state index is 11.3. The van der Waals surface area contributed by atoms with Crippen LogP contribution in [0, 0.1) is 10.1 Å². The Bertz CT molecular complexity index is 530. The zero-order valence-corrected chi connectivity index (χ0v) is 10.7. The minimum atomic E-state index is -0.419. The molecule has 1 aliphatic heterocycles. The van der Waals surface area contributed by atoms with Crippen LogP contribution in [0.4, 0.5) is 17.1 Å². The Morgan fingerprint density at radius 3 is 2.89 bits per heavy atom. The summed E-state index contributed by atoms with van der Waals surface area (Å²) < 4.78 is 0. The highest BCUT2D eigenvalue weighted by atomic mass is 16.6. The molecule has 0 unspecified atom stereocenters. The van der Waals surface area contributed by atoms with Crippen LogP contribution in [0.15, 0.2) is 12.1 Å². The number of hydrogen-bond acceptors (Lipinski definition) is 5. The molecule has 0 saturated carbocycles. The van der Waals surface area contributed by atoms with Crippen molar-refractivity contribution < 1.29 is 9.72 Å². The maximum Gasteiger partial charge on any atom is 0.292 e. The summed E-state index contributed by atoms with van der Waals surface area (Å²) in [5.41, 5.74) is 7.30. The number of rotatable bonds is 5. The van der Waals surface area contributed by atoms with Crippen LogP contribution in [0.1, 0.15) is 12.0 Å². The van der Waals surface area contributed by atoms with Crippen LogP contribution in [0.25, 0.3) is 0 Å². The number of nitrogens with zero attached hydrogens (tertiary/aromatic N) is 2. The summed E-state index contributed by atoms with van der Waals surface area (Å²) >= 11 is 0. The molecule has 102 valence electrons. The molecule has 1 heterocycles. The van der Waals surface area contributed by atoms with E-state index in [1.54, 1.807) is 18.0 Å². The Labute approximate surface area is 110 Å². The molecule has 1 aliphatic rings. The average molecular weight is 264 g/mol. The number of anilines is 2. The third-order valence-electron chi connectivity index (χ3n) is 3.13. The molecular weight excluding hydrogens is 248 g/mol. The summed E-state index contributed by atoms with van der Waals surface area (Å²) in [6.07, 6.45) is 0.945. The lowest BCUT2D eigenvalue weighted by Crippen LogP contribution is -2.22. The minimum Gasteiger partial charge on any atom is -0.369 e. The summed E-state index contributed by atoms with van der Waals surface area (Å²) in [7, 11) is 1.78. The van der Waals surface area contributed by atoms with Crippen molar-refractivity contribution in [1.29, 1.82) is 0 Å². The molecule has 0 saturated heterocycles. The van der Waals surface area contributed by atoms with E-state index in [1.165, 1.54) is 6.07 Å². The summed E-state index contributed by atoms with van der Waals surface area (Å²) in [5, 5.41) is 13.8. The second-order valence-electron chi connectivity index (χ2n) is 4.54. The molecule has 1 amide bonds. The summed E-state index contributed by atoms with van der Waals surface area (Å²) in [6.45, 7) is 1.16. The molecule has 7 nitrogen and oxygen atoms in total. The molecule has 0 fully saturated rings. The number of nitro groups is 1. The van der Waals surface area contributed by atoms with Gasteiger partial charge in [0.05, 0.1) is 11.3 Å². The van der Waals surface area contributed by atoms with Crippen LogP contribution < -0.4 is 16.0 Å². The van der Waals surface area contributed by atoms with E-state index in [0.29, 0.717) is 30.0 Å². The van der Waals surface area contributed by atoms with Crippen molar-refractivity contribution in [2.75, 3.05) is 30.4 Å². The van der Waals surface area contributed by atoms with Gasteiger partial charge in [0, 0.05) is 25.3 Å². The normalized spacial score (nSPS) is 13.1. The average Bonchev–Trinajstić information content (AvgIpc) is 2.73. The van der Waals surface area contributed by atoms with Crippen LogP contribution in [0.2, 0.25) is 0 Å². The van der Waals surface area contributed by atoms with Crippen LogP contribution in [0.5, 0.6) is 0 Å². The summed E-state index contributed by atoms with van der Waals surface area (Å²) in [6, 6.07) is 3.14. The Balaban J connectivity index is 2.38. The van der Waals surface area contributed by atoms with E-state index in [-0.39, 0.29) is 18.0 Å². The van der Waals surface area contributed by atoms with Crippen molar-refractivity contribution in [3.63, 3.8) is 0 Å². The van der Waals surface area contributed by atoms with Crippen molar-refractivity contribution in [3.05, 3.63) is 27.8 Å². The molecular formula is C12H16N4O3. The molecule has 7 heteroatoms. The zero-order chi connectivity index (χ0) is 14.0. The van der Waals surface area contributed by atoms with E-state index in [2.05, 4.69) is 5.32 Å². The first kappa shape index (κ1) is 13.3. The van der Waals surface area contributed by atoms with Gasteiger partial charge in [0.25, 0.3) is 5.69 Å². The lowest BCUT2D eigenvalue weighted by molar-refractivity contribution is -0.384. The lowest BCUT2D eigenvalue weighted by atomic mass is 10.1. The smallest absolute Gasteiger partial charge is 0.292 e. The molecule has 19 heavy (non-hydrogen) atoms. The van der Waals surface area contributed by atoms with Gasteiger partial charge in [0.1, 0.15) is 5.69 Å². The fourth-order valence-electron chi connectivity index (χ4n) is 2.15. The Morgan fingerprint density at radius 2 is 2.26 bits per heavy atom. The summed E-state index contributed by atoms with van der Waals surface area (Å²) in [4.78, 5) is 23.8. The highest BCUT2D eigenvalue weighted by Gasteiger charge is 2.25. The number of nitro benzene ring substituents is 1. The second kappa shape index (κ2) is 5.23. The van der Waals surface area contributed by atoms with Gasteiger partial charge in [-0.05, 0) is 24.6 Å². The standard InChI is InChI=1S/C12H16N4O3/c1-15(4-2-3-13)10-7-9-8(6-12(17)14-9)5-11(10)16(18)19/h5,7H,2-4,6,13H2,1H3,(H,14,17). The first-order valence-corrected chi connectivity index (χ1v) is 6.05. The van der Waals surface area contributed by atoms with Crippen LogP contribution in [-0.2, 0) is 11.2 Å². The quantitative estimate of drug-likeness (QED) is 0.607. The maximum atomic E-state index is 11.3. The molecule has 0 radical (unpaired) electrons. The lowest BCUT2D eigenvalue weighted by Gasteiger charge is -2.19. The number of benzene rings is 1. The van der Waals surface area contributed by atoms with Crippen LogP contribution in [0.3, 0.4) is 0 Å². The fourth-order valence-corrected chi connectivity index (χ4v) is 2.15. The van der Waals surface area contributed by atoms with Gasteiger partial charge >= 0.3 is 0 Å². The van der Waals surface area contributed by atoms with Crippen molar-refractivity contribution in [1.82, 2.24) is 0 Å². The predicted octanol–water partition coefficient (Wildman–Crippen LogP) is 0.874.